The highest BCUT2D eigenvalue weighted by Gasteiger charge is 2.35. The summed E-state index contributed by atoms with van der Waals surface area (Å²) in [5, 5.41) is 6.60. The summed E-state index contributed by atoms with van der Waals surface area (Å²) in [5.74, 6) is -0.0371. The van der Waals surface area contributed by atoms with Gasteiger partial charge in [-0.25, -0.2) is 0 Å². The van der Waals surface area contributed by atoms with Crippen molar-refractivity contribution in [3.05, 3.63) is 41.2 Å². The van der Waals surface area contributed by atoms with Crippen LogP contribution in [0.15, 0.2) is 24.3 Å². The summed E-state index contributed by atoms with van der Waals surface area (Å²) in [7, 11) is 0. The number of aryl methyl sites for hydroxylation is 1. The Balaban J connectivity index is 1.72. The van der Waals surface area contributed by atoms with Gasteiger partial charge in [-0.05, 0) is 42.2 Å². The SMILES string of the molecule is Cc1cc(N2CCn3nc(C(F)(F)F)cc3C2)ccc1NC(=O)CC(C)(C)C. The number of hydrogen-bond donors (Lipinski definition) is 1. The predicted molar refractivity (Wildman–Crippen MR) is 102 cm³/mol. The third kappa shape index (κ3) is 4.66. The lowest BCUT2D eigenvalue weighted by Crippen LogP contribution is -2.33. The zero-order valence-corrected chi connectivity index (χ0v) is 16.5. The van der Waals surface area contributed by atoms with Gasteiger partial charge < -0.3 is 10.2 Å². The van der Waals surface area contributed by atoms with Gasteiger partial charge in [-0.2, -0.15) is 18.3 Å². The van der Waals surface area contributed by atoms with E-state index in [9.17, 15) is 18.0 Å². The molecule has 0 spiro atoms. The summed E-state index contributed by atoms with van der Waals surface area (Å²) in [5.41, 5.74) is 2.17. The van der Waals surface area contributed by atoms with Crippen LogP contribution in [0.5, 0.6) is 0 Å². The van der Waals surface area contributed by atoms with Gasteiger partial charge in [0.2, 0.25) is 5.91 Å². The number of benzene rings is 1. The Hall–Kier alpha value is -2.51. The Labute approximate surface area is 162 Å². The summed E-state index contributed by atoms with van der Waals surface area (Å²) < 4.78 is 40.0. The number of rotatable bonds is 3. The van der Waals surface area contributed by atoms with Crippen molar-refractivity contribution >= 4 is 17.3 Å². The zero-order valence-electron chi connectivity index (χ0n) is 16.5. The molecule has 152 valence electrons. The number of alkyl halides is 3. The molecule has 0 fully saturated rings. The van der Waals surface area contributed by atoms with Crippen molar-refractivity contribution in [2.45, 2.75) is 53.4 Å². The highest BCUT2D eigenvalue weighted by Crippen LogP contribution is 2.31. The maximum atomic E-state index is 12.9. The number of nitrogens with zero attached hydrogens (tertiary/aromatic N) is 3. The van der Waals surface area contributed by atoms with Crippen LogP contribution in [0.1, 0.15) is 44.1 Å². The van der Waals surface area contributed by atoms with Crippen molar-refractivity contribution in [2.75, 3.05) is 16.8 Å². The fourth-order valence-electron chi connectivity index (χ4n) is 3.29. The van der Waals surface area contributed by atoms with Crippen LogP contribution in [0, 0.1) is 12.3 Å². The minimum Gasteiger partial charge on any atom is -0.364 e. The molecule has 5 nitrogen and oxygen atoms in total. The molecule has 8 heteroatoms. The number of halogens is 3. The van der Waals surface area contributed by atoms with Gasteiger partial charge >= 0.3 is 6.18 Å². The average molecular weight is 394 g/mol. The maximum absolute atomic E-state index is 12.9. The molecular formula is C20H25F3N4O. The minimum atomic E-state index is -4.43. The van der Waals surface area contributed by atoms with Gasteiger partial charge in [0.1, 0.15) is 0 Å². The Morgan fingerprint density at radius 2 is 1.89 bits per heavy atom. The normalized spacial score (nSPS) is 14.8. The molecule has 1 aliphatic rings. The summed E-state index contributed by atoms with van der Waals surface area (Å²) in [4.78, 5) is 14.2. The average Bonchev–Trinajstić information content (AvgIpc) is 2.98. The molecule has 0 saturated heterocycles. The Kier molecular flexibility index (Phi) is 5.16. The molecule has 0 aliphatic carbocycles. The summed E-state index contributed by atoms with van der Waals surface area (Å²) in [6, 6.07) is 6.79. The van der Waals surface area contributed by atoms with Crippen LogP contribution in [0.25, 0.3) is 0 Å². The van der Waals surface area contributed by atoms with E-state index in [0.29, 0.717) is 31.7 Å². The number of aromatic nitrogens is 2. The molecule has 0 unspecified atom stereocenters. The van der Waals surface area contributed by atoms with E-state index >= 15 is 0 Å². The lowest BCUT2D eigenvalue weighted by atomic mass is 9.92. The van der Waals surface area contributed by atoms with Gasteiger partial charge in [-0.15, -0.1) is 0 Å². The lowest BCUT2D eigenvalue weighted by molar-refractivity contribution is -0.141. The second-order valence-corrected chi connectivity index (χ2v) is 8.45. The van der Waals surface area contributed by atoms with E-state index < -0.39 is 11.9 Å². The molecular weight excluding hydrogens is 369 g/mol. The third-order valence-electron chi connectivity index (χ3n) is 4.63. The zero-order chi connectivity index (χ0) is 20.7. The van der Waals surface area contributed by atoms with E-state index in [2.05, 4.69) is 10.4 Å². The fraction of sp³-hybridized carbons (Fsp3) is 0.500. The van der Waals surface area contributed by atoms with Crippen molar-refractivity contribution in [1.29, 1.82) is 0 Å². The molecule has 28 heavy (non-hydrogen) atoms. The van der Waals surface area contributed by atoms with E-state index in [1.165, 1.54) is 4.68 Å². The number of amides is 1. The second-order valence-electron chi connectivity index (χ2n) is 8.45. The van der Waals surface area contributed by atoms with Crippen LogP contribution in [-0.2, 0) is 24.1 Å². The first-order valence-electron chi connectivity index (χ1n) is 9.22. The van der Waals surface area contributed by atoms with Crippen LogP contribution in [-0.4, -0.2) is 22.2 Å². The van der Waals surface area contributed by atoms with E-state index in [1.54, 1.807) is 0 Å². The largest absolute Gasteiger partial charge is 0.435 e. The second kappa shape index (κ2) is 7.14. The van der Waals surface area contributed by atoms with Gasteiger partial charge in [-0.3, -0.25) is 9.48 Å². The van der Waals surface area contributed by atoms with Gasteiger partial charge in [-0.1, -0.05) is 20.8 Å². The molecule has 0 atom stereocenters. The number of carbonyl (C=O) groups excluding carboxylic acids is 1. The number of nitrogens with one attached hydrogen (secondary N) is 1. The van der Waals surface area contributed by atoms with Crippen LogP contribution in [0.4, 0.5) is 24.5 Å². The van der Waals surface area contributed by atoms with Gasteiger partial charge in [0.15, 0.2) is 5.69 Å². The standard InChI is InChI=1S/C20H25F3N4O/c1-13-9-14(5-6-16(13)24-18(28)11-19(2,3)4)26-7-8-27-15(12-26)10-17(25-27)20(21,22)23/h5-6,9-10H,7-8,11-12H2,1-4H3,(H,24,28). The van der Waals surface area contributed by atoms with Crippen molar-refractivity contribution < 1.29 is 18.0 Å². The van der Waals surface area contributed by atoms with E-state index in [4.69, 9.17) is 0 Å². The quantitative estimate of drug-likeness (QED) is 0.827. The molecule has 0 radical (unpaired) electrons. The van der Waals surface area contributed by atoms with Gasteiger partial charge in [0.25, 0.3) is 0 Å². The summed E-state index contributed by atoms with van der Waals surface area (Å²) in [6.07, 6.45) is -4.01. The smallest absolute Gasteiger partial charge is 0.364 e. The topological polar surface area (TPSA) is 50.2 Å². The Morgan fingerprint density at radius 1 is 1.18 bits per heavy atom. The maximum Gasteiger partial charge on any atom is 0.435 e. The number of hydrogen-bond acceptors (Lipinski definition) is 3. The van der Waals surface area contributed by atoms with Gasteiger partial charge in [0, 0.05) is 24.3 Å². The molecule has 1 amide bonds. The van der Waals surface area contributed by atoms with Crippen LogP contribution >= 0.6 is 0 Å². The Morgan fingerprint density at radius 3 is 2.50 bits per heavy atom. The molecule has 0 bridgehead atoms. The summed E-state index contributed by atoms with van der Waals surface area (Å²) in [6.45, 7) is 9.26. The number of fused-ring (bicyclic) bond motifs is 1. The highest BCUT2D eigenvalue weighted by atomic mass is 19.4. The first-order chi connectivity index (χ1) is 12.9. The van der Waals surface area contributed by atoms with E-state index in [1.807, 2.05) is 50.8 Å². The molecule has 1 aliphatic heterocycles. The molecule has 1 aromatic heterocycles. The number of carbonyl (C=O) groups is 1. The van der Waals surface area contributed by atoms with Crippen molar-refractivity contribution in [3.8, 4) is 0 Å². The molecule has 3 rings (SSSR count). The van der Waals surface area contributed by atoms with Crippen molar-refractivity contribution in [2.24, 2.45) is 5.41 Å². The van der Waals surface area contributed by atoms with Gasteiger partial charge in [0.05, 0.1) is 18.8 Å². The van der Waals surface area contributed by atoms with Crippen LogP contribution < -0.4 is 10.2 Å². The molecule has 1 aromatic carbocycles. The number of anilines is 2. The van der Waals surface area contributed by atoms with E-state index in [-0.39, 0.29) is 11.3 Å². The highest BCUT2D eigenvalue weighted by molar-refractivity contribution is 5.92. The first-order valence-corrected chi connectivity index (χ1v) is 9.22. The van der Waals surface area contributed by atoms with Crippen LogP contribution in [0.2, 0.25) is 0 Å². The molecule has 1 N–H and O–H groups in total. The molecule has 2 aromatic rings. The molecule has 2 heterocycles. The third-order valence-corrected chi connectivity index (χ3v) is 4.63. The first kappa shape index (κ1) is 20.2. The fourth-order valence-corrected chi connectivity index (χ4v) is 3.29. The minimum absolute atomic E-state index is 0.0371. The van der Waals surface area contributed by atoms with E-state index in [0.717, 1.165) is 23.0 Å². The predicted octanol–water partition coefficient (Wildman–Crippen LogP) is 4.61. The summed E-state index contributed by atoms with van der Waals surface area (Å²) >= 11 is 0. The van der Waals surface area contributed by atoms with Crippen molar-refractivity contribution in [1.82, 2.24) is 9.78 Å². The monoisotopic (exact) mass is 394 g/mol. The Bertz CT molecular complexity index is 881. The van der Waals surface area contributed by atoms with Crippen LogP contribution in [0.3, 0.4) is 0 Å². The van der Waals surface area contributed by atoms with Crippen molar-refractivity contribution in [3.63, 3.8) is 0 Å². The lowest BCUT2D eigenvalue weighted by Gasteiger charge is -2.30. The molecule has 0 saturated carbocycles.